The molecule has 0 aliphatic carbocycles. The maximum absolute atomic E-state index is 12.3. The lowest BCUT2D eigenvalue weighted by Gasteiger charge is -2.02. The first kappa shape index (κ1) is 15.9. The van der Waals surface area contributed by atoms with Gasteiger partial charge in [0, 0.05) is 23.7 Å². The molecular weight excluding hydrogens is 332 g/mol. The van der Waals surface area contributed by atoms with Gasteiger partial charge >= 0.3 is 0 Å². The molecule has 4 aromatic rings. The Bertz CT molecular complexity index is 1050. The predicted octanol–water partition coefficient (Wildman–Crippen LogP) is 2.17. The highest BCUT2D eigenvalue weighted by Gasteiger charge is 2.12. The van der Waals surface area contributed by atoms with Gasteiger partial charge in [-0.2, -0.15) is 10.1 Å². The highest BCUT2D eigenvalue weighted by Crippen LogP contribution is 2.14. The summed E-state index contributed by atoms with van der Waals surface area (Å²) >= 11 is 0. The van der Waals surface area contributed by atoms with Crippen LogP contribution in [0.1, 0.15) is 33.3 Å². The number of H-pyrrole nitrogens is 1. The van der Waals surface area contributed by atoms with Crippen molar-refractivity contribution in [3.8, 4) is 0 Å². The SMILES string of the molecule is Cc1[nH]nc2ncc(C(=O)NCc3nc(Cc4ccccc4)no3)cc12. The average molecular weight is 348 g/mol. The van der Waals surface area contributed by atoms with E-state index in [1.807, 2.05) is 37.3 Å². The Morgan fingerprint density at radius 3 is 2.96 bits per heavy atom. The van der Waals surface area contributed by atoms with Gasteiger partial charge in [-0.3, -0.25) is 9.89 Å². The quantitative estimate of drug-likeness (QED) is 0.572. The van der Waals surface area contributed by atoms with E-state index in [0.29, 0.717) is 29.3 Å². The third-order valence-electron chi connectivity index (χ3n) is 3.98. The monoisotopic (exact) mass is 348 g/mol. The van der Waals surface area contributed by atoms with E-state index in [-0.39, 0.29) is 12.5 Å². The van der Waals surface area contributed by atoms with Crippen LogP contribution in [0.25, 0.3) is 11.0 Å². The van der Waals surface area contributed by atoms with Crippen LogP contribution in [0.2, 0.25) is 0 Å². The molecule has 0 bridgehead atoms. The van der Waals surface area contributed by atoms with Crippen LogP contribution >= 0.6 is 0 Å². The largest absolute Gasteiger partial charge is 0.343 e. The zero-order chi connectivity index (χ0) is 17.9. The summed E-state index contributed by atoms with van der Waals surface area (Å²) in [5, 5.41) is 14.4. The molecule has 0 atom stereocenters. The van der Waals surface area contributed by atoms with E-state index in [4.69, 9.17) is 4.52 Å². The first-order chi connectivity index (χ1) is 12.7. The van der Waals surface area contributed by atoms with Crippen molar-refractivity contribution in [1.82, 2.24) is 30.6 Å². The fraction of sp³-hybridized carbons (Fsp3) is 0.167. The van der Waals surface area contributed by atoms with Crippen molar-refractivity contribution in [2.24, 2.45) is 0 Å². The highest BCUT2D eigenvalue weighted by molar-refractivity contribution is 5.97. The number of amides is 1. The molecule has 130 valence electrons. The van der Waals surface area contributed by atoms with Crippen molar-refractivity contribution in [1.29, 1.82) is 0 Å². The molecule has 8 nitrogen and oxygen atoms in total. The molecule has 8 heteroatoms. The van der Waals surface area contributed by atoms with Crippen LogP contribution in [-0.2, 0) is 13.0 Å². The number of rotatable bonds is 5. The van der Waals surface area contributed by atoms with E-state index in [2.05, 4.69) is 30.6 Å². The van der Waals surface area contributed by atoms with Crippen LogP contribution in [0.5, 0.6) is 0 Å². The standard InChI is InChI=1S/C18H16N6O2/c1-11-14-8-13(9-19-17(14)23-22-11)18(25)20-10-16-21-15(24-26-16)7-12-5-3-2-4-6-12/h2-6,8-9H,7,10H2,1H3,(H,20,25)(H,19,22,23). The predicted molar refractivity (Wildman–Crippen MR) is 93.3 cm³/mol. The molecular formula is C18H16N6O2. The van der Waals surface area contributed by atoms with Gasteiger partial charge in [0.1, 0.15) is 0 Å². The minimum absolute atomic E-state index is 0.156. The Labute approximate surface area is 148 Å². The fourth-order valence-electron chi connectivity index (χ4n) is 2.61. The smallest absolute Gasteiger partial charge is 0.253 e. The molecule has 4 rings (SSSR count). The summed E-state index contributed by atoms with van der Waals surface area (Å²) in [7, 11) is 0. The second-order valence-corrected chi connectivity index (χ2v) is 5.89. The zero-order valence-electron chi connectivity index (χ0n) is 14.1. The molecule has 0 saturated carbocycles. The summed E-state index contributed by atoms with van der Waals surface area (Å²) in [4.78, 5) is 20.8. The third-order valence-corrected chi connectivity index (χ3v) is 3.98. The molecule has 3 heterocycles. The van der Waals surface area contributed by atoms with Crippen LogP contribution in [-0.4, -0.2) is 31.2 Å². The summed E-state index contributed by atoms with van der Waals surface area (Å²) in [6, 6.07) is 11.6. The molecule has 3 aromatic heterocycles. The number of benzene rings is 1. The highest BCUT2D eigenvalue weighted by atomic mass is 16.5. The van der Waals surface area contributed by atoms with Crippen molar-refractivity contribution >= 4 is 16.9 Å². The van der Waals surface area contributed by atoms with E-state index in [9.17, 15) is 4.79 Å². The van der Waals surface area contributed by atoms with E-state index >= 15 is 0 Å². The minimum Gasteiger partial charge on any atom is -0.343 e. The maximum atomic E-state index is 12.3. The van der Waals surface area contributed by atoms with E-state index in [1.54, 1.807) is 6.07 Å². The van der Waals surface area contributed by atoms with E-state index in [1.165, 1.54) is 6.20 Å². The number of hydrogen-bond donors (Lipinski definition) is 2. The third kappa shape index (κ3) is 3.30. The number of aromatic amines is 1. The van der Waals surface area contributed by atoms with Gasteiger partial charge in [-0.25, -0.2) is 4.98 Å². The molecule has 2 N–H and O–H groups in total. The molecule has 0 fully saturated rings. The number of carbonyl (C=O) groups excluding carboxylic acids is 1. The Morgan fingerprint density at radius 2 is 2.12 bits per heavy atom. The van der Waals surface area contributed by atoms with Crippen LogP contribution in [0.4, 0.5) is 0 Å². The molecule has 0 unspecified atom stereocenters. The number of aryl methyl sites for hydroxylation is 1. The van der Waals surface area contributed by atoms with Crippen LogP contribution in [0, 0.1) is 6.92 Å². The van der Waals surface area contributed by atoms with Crippen molar-refractivity contribution in [2.45, 2.75) is 19.9 Å². The first-order valence-corrected chi connectivity index (χ1v) is 8.13. The van der Waals surface area contributed by atoms with Crippen molar-refractivity contribution in [3.63, 3.8) is 0 Å². The molecule has 0 saturated heterocycles. The fourth-order valence-corrected chi connectivity index (χ4v) is 2.61. The molecule has 1 aromatic carbocycles. The van der Waals surface area contributed by atoms with Gasteiger partial charge in [-0.1, -0.05) is 35.5 Å². The van der Waals surface area contributed by atoms with E-state index in [0.717, 1.165) is 16.6 Å². The Hall–Kier alpha value is -3.55. The molecule has 0 radical (unpaired) electrons. The van der Waals surface area contributed by atoms with Gasteiger partial charge in [0.15, 0.2) is 11.5 Å². The number of pyridine rings is 1. The molecule has 0 spiro atoms. The number of hydrogen-bond acceptors (Lipinski definition) is 6. The summed E-state index contributed by atoms with van der Waals surface area (Å²) in [5.74, 6) is 0.679. The van der Waals surface area contributed by atoms with Crippen LogP contribution in [0.15, 0.2) is 47.1 Å². The van der Waals surface area contributed by atoms with Gasteiger partial charge < -0.3 is 9.84 Å². The number of nitrogens with zero attached hydrogens (tertiary/aromatic N) is 4. The summed E-state index contributed by atoms with van der Waals surface area (Å²) in [6.07, 6.45) is 2.07. The lowest BCUT2D eigenvalue weighted by Crippen LogP contribution is -2.23. The first-order valence-electron chi connectivity index (χ1n) is 8.13. The zero-order valence-corrected chi connectivity index (χ0v) is 14.1. The minimum atomic E-state index is -0.261. The van der Waals surface area contributed by atoms with Crippen molar-refractivity contribution < 1.29 is 9.32 Å². The molecule has 26 heavy (non-hydrogen) atoms. The molecule has 1 amide bonds. The lowest BCUT2D eigenvalue weighted by atomic mass is 10.1. The van der Waals surface area contributed by atoms with Gasteiger partial charge in [0.25, 0.3) is 5.91 Å². The molecule has 0 aliphatic rings. The van der Waals surface area contributed by atoms with E-state index < -0.39 is 0 Å². The van der Waals surface area contributed by atoms with Gasteiger partial charge in [-0.05, 0) is 18.6 Å². The van der Waals surface area contributed by atoms with Crippen molar-refractivity contribution in [3.05, 3.63) is 71.1 Å². The summed E-state index contributed by atoms with van der Waals surface area (Å²) in [6.45, 7) is 2.04. The van der Waals surface area contributed by atoms with Gasteiger partial charge in [0.05, 0.1) is 12.1 Å². The number of carbonyl (C=O) groups is 1. The summed E-state index contributed by atoms with van der Waals surface area (Å²) in [5.41, 5.74) is 3.00. The number of fused-ring (bicyclic) bond motifs is 1. The Balaban J connectivity index is 1.40. The van der Waals surface area contributed by atoms with Crippen molar-refractivity contribution in [2.75, 3.05) is 0 Å². The van der Waals surface area contributed by atoms with Gasteiger partial charge in [0.2, 0.25) is 5.89 Å². The average Bonchev–Trinajstić information content (AvgIpc) is 3.27. The number of aromatic nitrogens is 5. The lowest BCUT2D eigenvalue weighted by molar-refractivity contribution is 0.0946. The maximum Gasteiger partial charge on any atom is 0.253 e. The van der Waals surface area contributed by atoms with Crippen LogP contribution < -0.4 is 5.32 Å². The second-order valence-electron chi connectivity index (χ2n) is 5.89. The number of nitrogens with one attached hydrogen (secondary N) is 2. The summed E-state index contributed by atoms with van der Waals surface area (Å²) < 4.78 is 5.19. The molecule has 0 aliphatic heterocycles. The Morgan fingerprint density at radius 1 is 1.27 bits per heavy atom. The topological polar surface area (TPSA) is 110 Å². The van der Waals surface area contributed by atoms with Gasteiger partial charge in [-0.15, -0.1) is 0 Å². The van der Waals surface area contributed by atoms with Crippen LogP contribution in [0.3, 0.4) is 0 Å². The normalized spacial score (nSPS) is 11.0. The Kier molecular flexibility index (Phi) is 4.14. The second kappa shape index (κ2) is 6.75.